The third-order valence-electron chi connectivity index (χ3n) is 11.2. The highest BCUT2D eigenvalue weighted by atomic mass is 15.2. The molecule has 1 atom stereocenters. The third kappa shape index (κ3) is 9.41. The maximum absolute atomic E-state index is 4.39. The van der Waals surface area contributed by atoms with E-state index in [-0.39, 0.29) is 0 Å². The molecule has 62 heavy (non-hydrogen) atoms. The van der Waals surface area contributed by atoms with Gasteiger partial charge in [-0.25, -0.2) is 0 Å². The van der Waals surface area contributed by atoms with E-state index in [4.69, 9.17) is 0 Å². The Morgan fingerprint density at radius 1 is 0.484 bits per heavy atom. The number of anilines is 9. The maximum Gasteiger partial charge on any atom is 0.0464 e. The van der Waals surface area contributed by atoms with Gasteiger partial charge >= 0.3 is 0 Å². The number of allylic oxidation sites excluding steroid dienone is 8. The Bertz CT molecular complexity index is 2580. The fraction of sp³-hybridized carbons (Fsp3) is 0.103. The van der Waals surface area contributed by atoms with Crippen LogP contribution in [0.15, 0.2) is 248 Å². The van der Waals surface area contributed by atoms with Gasteiger partial charge in [0.25, 0.3) is 0 Å². The lowest BCUT2D eigenvalue weighted by Gasteiger charge is -2.31. The molecule has 4 heteroatoms. The minimum absolute atomic E-state index is 0.460. The number of benzene rings is 7. The smallest absolute Gasteiger partial charge is 0.0464 e. The van der Waals surface area contributed by atoms with E-state index in [0.717, 1.165) is 69.0 Å². The third-order valence-corrected chi connectivity index (χ3v) is 11.2. The van der Waals surface area contributed by atoms with Gasteiger partial charge in [0, 0.05) is 68.3 Å². The van der Waals surface area contributed by atoms with E-state index in [1.165, 1.54) is 16.8 Å². The monoisotopic (exact) mass is 806 g/mol. The Morgan fingerprint density at radius 2 is 0.887 bits per heavy atom. The van der Waals surface area contributed by atoms with Crippen LogP contribution >= 0.6 is 0 Å². The molecule has 0 aliphatic heterocycles. The first kappa shape index (κ1) is 41.2. The first-order valence-electron chi connectivity index (χ1n) is 21.4. The van der Waals surface area contributed by atoms with Crippen LogP contribution in [-0.2, 0) is 0 Å². The first-order chi connectivity index (χ1) is 30.4. The van der Waals surface area contributed by atoms with Crippen LogP contribution in [0, 0.1) is 19.8 Å². The molecule has 7 aromatic rings. The molecule has 8 rings (SSSR count). The number of rotatable bonds is 14. The first-order valence-corrected chi connectivity index (χ1v) is 21.4. The van der Waals surface area contributed by atoms with Gasteiger partial charge < -0.3 is 19.6 Å². The van der Waals surface area contributed by atoms with Crippen molar-refractivity contribution in [2.45, 2.75) is 34.1 Å². The Hall–Kier alpha value is -7.56. The molecule has 7 aromatic carbocycles. The van der Waals surface area contributed by atoms with E-state index in [0.29, 0.717) is 5.92 Å². The van der Waals surface area contributed by atoms with Crippen molar-refractivity contribution in [3.8, 4) is 0 Å². The van der Waals surface area contributed by atoms with Crippen LogP contribution in [0.25, 0.3) is 0 Å². The minimum atomic E-state index is 0.460. The van der Waals surface area contributed by atoms with E-state index >= 15 is 0 Å². The molecule has 1 aliphatic rings. The molecule has 0 amide bonds. The van der Waals surface area contributed by atoms with Crippen LogP contribution in [0.4, 0.5) is 51.2 Å². The Balaban J connectivity index is 1.23. The van der Waals surface area contributed by atoms with Crippen LogP contribution in [0.2, 0.25) is 0 Å². The van der Waals surface area contributed by atoms with Gasteiger partial charge in [0.1, 0.15) is 0 Å². The summed E-state index contributed by atoms with van der Waals surface area (Å²) in [4.78, 5) is 9.28. The fourth-order valence-corrected chi connectivity index (χ4v) is 8.21. The molecule has 0 radical (unpaired) electrons. The Kier molecular flexibility index (Phi) is 12.8. The van der Waals surface area contributed by atoms with E-state index in [2.05, 4.69) is 272 Å². The molecular formula is C58H54N4. The molecule has 4 nitrogen and oxygen atoms in total. The quantitative estimate of drug-likeness (QED) is 0.102. The summed E-state index contributed by atoms with van der Waals surface area (Å²) in [5.74, 6) is 0.460. The van der Waals surface area contributed by atoms with Crippen molar-refractivity contribution in [2.24, 2.45) is 5.92 Å². The molecule has 0 saturated carbocycles. The van der Waals surface area contributed by atoms with Gasteiger partial charge in [-0.05, 0) is 178 Å². The molecule has 0 aromatic heterocycles. The lowest BCUT2D eigenvalue weighted by Crippen LogP contribution is -2.22. The van der Waals surface area contributed by atoms with Crippen molar-refractivity contribution in [3.05, 3.63) is 259 Å². The molecule has 0 heterocycles. The molecule has 0 fully saturated rings. The second kappa shape index (κ2) is 19.2. The predicted molar refractivity (Wildman–Crippen MR) is 266 cm³/mol. The summed E-state index contributed by atoms with van der Waals surface area (Å²) in [5.41, 5.74) is 15.5. The number of hydrogen-bond donors (Lipinski definition) is 0. The van der Waals surface area contributed by atoms with Gasteiger partial charge in [0.2, 0.25) is 0 Å². The van der Waals surface area contributed by atoms with Crippen LogP contribution in [0.5, 0.6) is 0 Å². The summed E-state index contributed by atoms with van der Waals surface area (Å²) in [6, 6.07) is 66.8. The summed E-state index contributed by atoms with van der Waals surface area (Å²) in [6.07, 6.45) is 14.0. The van der Waals surface area contributed by atoms with Gasteiger partial charge in [-0.2, -0.15) is 0 Å². The SMILES string of the molecule is C=C/C(=C\C=C(/C)N(C1=CC=CC(C)C1)c1ccccc1)N(c1ccc(N(c2ccccc2)c2cccc(C)c2)cc1)c1ccc(N(c2ccccc2)c2cccc(C)c2)cc1. The Labute approximate surface area is 368 Å². The lowest BCUT2D eigenvalue weighted by molar-refractivity contribution is 0.691. The number of aryl methyl sites for hydroxylation is 2. The molecule has 0 saturated heterocycles. The van der Waals surface area contributed by atoms with Gasteiger partial charge in [-0.1, -0.05) is 105 Å². The van der Waals surface area contributed by atoms with Crippen LogP contribution in [0.3, 0.4) is 0 Å². The normalized spacial score (nSPS) is 13.9. The summed E-state index contributed by atoms with van der Waals surface area (Å²) < 4.78 is 0. The fourth-order valence-electron chi connectivity index (χ4n) is 8.21. The lowest BCUT2D eigenvalue weighted by atomic mass is 9.98. The topological polar surface area (TPSA) is 13.0 Å². The minimum Gasteiger partial charge on any atom is -0.318 e. The highest BCUT2D eigenvalue weighted by Crippen LogP contribution is 2.40. The second-order valence-corrected chi connectivity index (χ2v) is 15.9. The highest BCUT2D eigenvalue weighted by Gasteiger charge is 2.20. The molecule has 0 bridgehead atoms. The van der Waals surface area contributed by atoms with Crippen molar-refractivity contribution in [2.75, 3.05) is 19.6 Å². The molecule has 0 N–H and O–H groups in total. The summed E-state index contributed by atoms with van der Waals surface area (Å²) in [6.45, 7) is 13.1. The molecule has 0 spiro atoms. The zero-order chi connectivity index (χ0) is 42.8. The zero-order valence-electron chi connectivity index (χ0n) is 36.1. The average Bonchev–Trinajstić information content (AvgIpc) is 3.30. The zero-order valence-corrected chi connectivity index (χ0v) is 36.1. The van der Waals surface area contributed by atoms with Crippen molar-refractivity contribution in [3.63, 3.8) is 0 Å². The number of nitrogens with zero attached hydrogens (tertiary/aromatic N) is 4. The van der Waals surface area contributed by atoms with Crippen LogP contribution in [-0.4, -0.2) is 0 Å². The maximum atomic E-state index is 4.39. The van der Waals surface area contributed by atoms with E-state index < -0.39 is 0 Å². The van der Waals surface area contributed by atoms with Gasteiger partial charge in [0.15, 0.2) is 0 Å². The van der Waals surface area contributed by atoms with Crippen molar-refractivity contribution < 1.29 is 0 Å². The van der Waals surface area contributed by atoms with Crippen molar-refractivity contribution >= 4 is 51.2 Å². The van der Waals surface area contributed by atoms with Crippen LogP contribution in [0.1, 0.15) is 31.4 Å². The average molecular weight is 807 g/mol. The molecule has 1 aliphatic carbocycles. The number of hydrogen-bond acceptors (Lipinski definition) is 4. The van der Waals surface area contributed by atoms with Crippen LogP contribution < -0.4 is 19.6 Å². The molecular weight excluding hydrogens is 753 g/mol. The predicted octanol–water partition coefficient (Wildman–Crippen LogP) is 16.3. The summed E-state index contributed by atoms with van der Waals surface area (Å²) >= 11 is 0. The largest absolute Gasteiger partial charge is 0.318 e. The summed E-state index contributed by atoms with van der Waals surface area (Å²) in [5, 5.41) is 0. The van der Waals surface area contributed by atoms with Gasteiger partial charge in [0.05, 0.1) is 0 Å². The second-order valence-electron chi connectivity index (χ2n) is 15.9. The number of para-hydroxylation sites is 3. The van der Waals surface area contributed by atoms with E-state index in [1.54, 1.807) is 0 Å². The van der Waals surface area contributed by atoms with Gasteiger partial charge in [-0.3, -0.25) is 0 Å². The molecule has 306 valence electrons. The standard InChI is InChI=1S/C58H54N4/c1-6-48(32-31-47(5)59(49-22-10-7-11-23-49)56-28-16-19-44(2)41-56)60(52-33-37-54(38-34-52)61(50-24-12-8-13-25-50)57-29-17-20-45(3)42-57)53-35-39-55(40-36-53)62(51-26-14-9-15-27-51)58-30-18-21-46(4)43-58/h6-40,42-44H,1,41H2,2-5H3/b47-31+,48-32+. The molecule has 1 unspecified atom stereocenters. The summed E-state index contributed by atoms with van der Waals surface area (Å²) in [7, 11) is 0. The van der Waals surface area contributed by atoms with Crippen molar-refractivity contribution in [1.29, 1.82) is 0 Å². The van der Waals surface area contributed by atoms with Gasteiger partial charge in [-0.15, -0.1) is 0 Å². The van der Waals surface area contributed by atoms with E-state index in [1.807, 2.05) is 6.08 Å². The Morgan fingerprint density at radius 3 is 1.32 bits per heavy atom. The van der Waals surface area contributed by atoms with Crippen molar-refractivity contribution in [1.82, 2.24) is 0 Å². The highest BCUT2D eigenvalue weighted by molar-refractivity contribution is 5.81. The van der Waals surface area contributed by atoms with E-state index in [9.17, 15) is 0 Å².